The van der Waals surface area contributed by atoms with Gasteiger partial charge in [0.1, 0.15) is 0 Å². The van der Waals surface area contributed by atoms with Crippen molar-refractivity contribution in [2.45, 2.75) is 19.4 Å². The van der Waals surface area contributed by atoms with E-state index in [0.717, 1.165) is 11.3 Å². The predicted octanol–water partition coefficient (Wildman–Crippen LogP) is 3.12. The molecule has 4 nitrogen and oxygen atoms in total. The third-order valence-electron chi connectivity index (χ3n) is 2.48. The standard InChI is InChI=1S/C13H15N3OS.2BrH/c1-9-8-18-13(15-9)16-12(17)11(14)7-10-5-3-2-4-6-10;;/h2-6,8,11H,7,14H2,1H3,(H,15,16,17);2*1H. The first-order chi connectivity index (χ1) is 8.65. The van der Waals surface area contributed by atoms with Crippen LogP contribution in [0.1, 0.15) is 11.3 Å². The SMILES string of the molecule is Br.Br.Cc1csc(NC(=O)C(N)Cc2ccccc2)n1. The van der Waals surface area contributed by atoms with E-state index >= 15 is 0 Å². The zero-order valence-electron chi connectivity index (χ0n) is 10.9. The number of benzene rings is 1. The van der Waals surface area contributed by atoms with Crippen LogP contribution in [0.25, 0.3) is 0 Å². The van der Waals surface area contributed by atoms with Gasteiger partial charge in [-0.15, -0.1) is 45.3 Å². The Balaban J connectivity index is 0.00000180. The summed E-state index contributed by atoms with van der Waals surface area (Å²) in [5, 5.41) is 5.21. The number of anilines is 1. The van der Waals surface area contributed by atoms with Crippen molar-refractivity contribution in [1.29, 1.82) is 0 Å². The topological polar surface area (TPSA) is 68.0 Å². The van der Waals surface area contributed by atoms with E-state index in [1.165, 1.54) is 11.3 Å². The number of nitrogens with zero attached hydrogens (tertiary/aromatic N) is 1. The Morgan fingerprint density at radius 3 is 2.55 bits per heavy atom. The maximum atomic E-state index is 11.9. The molecule has 0 spiro atoms. The van der Waals surface area contributed by atoms with E-state index in [-0.39, 0.29) is 39.9 Å². The number of hydrogen-bond donors (Lipinski definition) is 2. The number of amides is 1. The Bertz CT molecular complexity index is 533. The summed E-state index contributed by atoms with van der Waals surface area (Å²) in [6.45, 7) is 1.88. The minimum atomic E-state index is -0.559. The molecule has 3 N–H and O–H groups in total. The maximum absolute atomic E-state index is 11.9. The number of halogens is 2. The molecule has 1 amide bonds. The van der Waals surface area contributed by atoms with E-state index in [4.69, 9.17) is 5.73 Å². The van der Waals surface area contributed by atoms with Crippen molar-refractivity contribution in [3.05, 3.63) is 47.0 Å². The summed E-state index contributed by atoms with van der Waals surface area (Å²) in [4.78, 5) is 16.0. The van der Waals surface area contributed by atoms with E-state index in [2.05, 4.69) is 10.3 Å². The van der Waals surface area contributed by atoms with Gasteiger partial charge in [-0.2, -0.15) is 0 Å². The summed E-state index contributed by atoms with van der Waals surface area (Å²) >= 11 is 1.40. The number of aryl methyl sites for hydroxylation is 1. The minimum absolute atomic E-state index is 0. The first-order valence-electron chi connectivity index (χ1n) is 5.67. The highest BCUT2D eigenvalue weighted by molar-refractivity contribution is 8.93. The molecule has 0 aliphatic rings. The summed E-state index contributed by atoms with van der Waals surface area (Å²) in [7, 11) is 0. The second-order valence-corrected chi connectivity index (χ2v) is 4.94. The molecule has 0 aliphatic heterocycles. The number of nitrogens with one attached hydrogen (secondary N) is 1. The van der Waals surface area contributed by atoms with Crippen LogP contribution in [0, 0.1) is 6.92 Å². The van der Waals surface area contributed by atoms with Gasteiger partial charge in [0.15, 0.2) is 5.13 Å². The molecule has 1 aromatic carbocycles. The number of nitrogens with two attached hydrogens (primary N) is 1. The molecule has 0 radical (unpaired) electrons. The Kier molecular flexibility index (Phi) is 8.88. The quantitative estimate of drug-likeness (QED) is 0.795. The largest absolute Gasteiger partial charge is 0.320 e. The number of thiazole rings is 1. The van der Waals surface area contributed by atoms with Crippen LogP contribution in [0.15, 0.2) is 35.7 Å². The predicted molar refractivity (Wildman–Crippen MR) is 94.2 cm³/mol. The van der Waals surface area contributed by atoms with Gasteiger partial charge in [-0.3, -0.25) is 4.79 Å². The summed E-state index contributed by atoms with van der Waals surface area (Å²) in [6, 6.07) is 9.17. The zero-order valence-corrected chi connectivity index (χ0v) is 15.1. The Hall–Kier alpha value is -0.760. The second-order valence-electron chi connectivity index (χ2n) is 4.08. The normalized spacial score (nSPS) is 10.9. The van der Waals surface area contributed by atoms with Gasteiger partial charge in [0, 0.05) is 5.38 Å². The molecular weight excluding hydrogens is 406 g/mol. The number of carbonyl (C=O) groups is 1. The van der Waals surface area contributed by atoms with Gasteiger partial charge in [0.05, 0.1) is 11.7 Å². The minimum Gasteiger partial charge on any atom is -0.320 e. The van der Waals surface area contributed by atoms with Crippen LogP contribution in [0.3, 0.4) is 0 Å². The van der Waals surface area contributed by atoms with Gasteiger partial charge in [-0.25, -0.2) is 4.98 Å². The fraction of sp³-hybridized carbons (Fsp3) is 0.231. The van der Waals surface area contributed by atoms with Crippen LogP contribution in [0.5, 0.6) is 0 Å². The first kappa shape index (κ1) is 19.2. The van der Waals surface area contributed by atoms with E-state index in [1.807, 2.05) is 42.6 Å². The monoisotopic (exact) mass is 421 g/mol. The van der Waals surface area contributed by atoms with Gasteiger partial charge in [0.2, 0.25) is 5.91 Å². The molecule has 1 heterocycles. The molecule has 0 fully saturated rings. The Morgan fingerprint density at radius 2 is 2.00 bits per heavy atom. The van der Waals surface area contributed by atoms with Gasteiger partial charge < -0.3 is 11.1 Å². The third-order valence-corrected chi connectivity index (χ3v) is 3.36. The van der Waals surface area contributed by atoms with Gasteiger partial charge in [-0.05, 0) is 18.9 Å². The van der Waals surface area contributed by atoms with Crippen molar-refractivity contribution < 1.29 is 4.79 Å². The molecule has 2 aromatic rings. The average Bonchev–Trinajstić information content (AvgIpc) is 2.76. The highest BCUT2D eigenvalue weighted by Gasteiger charge is 2.15. The number of rotatable bonds is 4. The fourth-order valence-electron chi connectivity index (χ4n) is 1.57. The van der Waals surface area contributed by atoms with Crippen molar-refractivity contribution in [2.24, 2.45) is 5.73 Å². The van der Waals surface area contributed by atoms with Crippen molar-refractivity contribution in [2.75, 3.05) is 5.32 Å². The van der Waals surface area contributed by atoms with E-state index < -0.39 is 6.04 Å². The van der Waals surface area contributed by atoms with Gasteiger partial charge in [0.25, 0.3) is 0 Å². The van der Waals surface area contributed by atoms with Crippen molar-refractivity contribution in [1.82, 2.24) is 4.98 Å². The molecule has 20 heavy (non-hydrogen) atoms. The summed E-state index contributed by atoms with van der Waals surface area (Å²) < 4.78 is 0. The molecule has 110 valence electrons. The van der Waals surface area contributed by atoms with Crippen molar-refractivity contribution in [3.8, 4) is 0 Å². The van der Waals surface area contributed by atoms with E-state index in [9.17, 15) is 4.79 Å². The average molecular weight is 423 g/mol. The lowest BCUT2D eigenvalue weighted by Crippen LogP contribution is -2.37. The van der Waals surface area contributed by atoms with Crippen LogP contribution >= 0.6 is 45.3 Å². The van der Waals surface area contributed by atoms with Crippen LogP contribution in [-0.2, 0) is 11.2 Å². The lowest BCUT2D eigenvalue weighted by atomic mass is 10.1. The summed E-state index contributed by atoms with van der Waals surface area (Å²) in [5.41, 5.74) is 7.82. The third kappa shape index (κ3) is 5.70. The molecule has 1 unspecified atom stereocenters. The fourth-order valence-corrected chi connectivity index (χ4v) is 2.26. The summed E-state index contributed by atoms with van der Waals surface area (Å²) in [6.07, 6.45) is 0.525. The molecule has 0 bridgehead atoms. The number of aromatic nitrogens is 1. The molecule has 0 aliphatic carbocycles. The number of hydrogen-bond acceptors (Lipinski definition) is 4. The van der Waals surface area contributed by atoms with Crippen molar-refractivity contribution >= 4 is 56.3 Å². The maximum Gasteiger partial charge on any atom is 0.243 e. The Morgan fingerprint density at radius 1 is 1.35 bits per heavy atom. The summed E-state index contributed by atoms with van der Waals surface area (Å²) in [5.74, 6) is -0.201. The molecular formula is C13H17Br2N3OS. The molecule has 1 atom stereocenters. The van der Waals surface area contributed by atoms with Gasteiger partial charge >= 0.3 is 0 Å². The van der Waals surface area contributed by atoms with Crippen LogP contribution in [-0.4, -0.2) is 16.9 Å². The number of carbonyl (C=O) groups excluding carboxylic acids is 1. The van der Waals surface area contributed by atoms with Crippen LogP contribution in [0.4, 0.5) is 5.13 Å². The lowest BCUT2D eigenvalue weighted by Gasteiger charge is -2.10. The molecule has 0 saturated carbocycles. The van der Waals surface area contributed by atoms with E-state index in [1.54, 1.807) is 0 Å². The highest BCUT2D eigenvalue weighted by Crippen LogP contribution is 2.14. The second kappa shape index (κ2) is 9.23. The lowest BCUT2D eigenvalue weighted by molar-refractivity contribution is -0.117. The zero-order chi connectivity index (χ0) is 13.0. The highest BCUT2D eigenvalue weighted by atomic mass is 79.9. The molecule has 7 heteroatoms. The van der Waals surface area contributed by atoms with Crippen LogP contribution < -0.4 is 11.1 Å². The van der Waals surface area contributed by atoms with Crippen molar-refractivity contribution in [3.63, 3.8) is 0 Å². The Labute approximate surface area is 143 Å². The van der Waals surface area contributed by atoms with E-state index in [0.29, 0.717) is 11.6 Å². The molecule has 0 saturated heterocycles. The molecule has 2 rings (SSSR count). The first-order valence-corrected chi connectivity index (χ1v) is 6.55. The molecule has 1 aromatic heterocycles. The van der Waals surface area contributed by atoms with Gasteiger partial charge in [-0.1, -0.05) is 30.3 Å². The van der Waals surface area contributed by atoms with Crippen LogP contribution in [0.2, 0.25) is 0 Å². The smallest absolute Gasteiger partial charge is 0.243 e.